The first kappa shape index (κ1) is 78.8. The molecule has 0 fully saturated rings. The monoisotopic (exact) mass is 1150 g/mol. The molecule has 0 aliphatic rings. The van der Waals surface area contributed by atoms with Gasteiger partial charge >= 0.3 is 17.9 Å². The van der Waals surface area contributed by atoms with E-state index in [0.717, 1.165) is 148 Å². The number of hydrogen-bond acceptors (Lipinski definition) is 6. The van der Waals surface area contributed by atoms with Crippen molar-refractivity contribution < 1.29 is 28.6 Å². The van der Waals surface area contributed by atoms with Crippen LogP contribution in [0.3, 0.4) is 0 Å². The van der Waals surface area contributed by atoms with Crippen molar-refractivity contribution in [3.63, 3.8) is 0 Å². The SMILES string of the molecule is CC/C=C\C/C=C\C/C=C\C/C=C\C/C=C\C/C=C\CCCCCCC(=O)OC(COC(=O)CCCCCCC/C=C\C/C=C\C/C=C\CC)COC(=O)CCCCCCCCCCCCCCCCC/C=C\CCCCCCCCCC. The molecule has 0 bridgehead atoms. The molecular formula is C77H130O6. The Kier molecular flexibility index (Phi) is 66.7. The van der Waals surface area contributed by atoms with Crippen molar-refractivity contribution in [2.75, 3.05) is 13.2 Å². The van der Waals surface area contributed by atoms with Crippen molar-refractivity contribution in [2.24, 2.45) is 0 Å². The molecular weight excluding hydrogens is 1020 g/mol. The van der Waals surface area contributed by atoms with E-state index in [4.69, 9.17) is 14.2 Å². The summed E-state index contributed by atoms with van der Waals surface area (Å²) in [6, 6.07) is 0. The smallest absolute Gasteiger partial charge is 0.306 e. The number of carbonyl (C=O) groups excluding carboxylic acids is 3. The summed E-state index contributed by atoms with van der Waals surface area (Å²) in [6.45, 7) is 6.41. The van der Waals surface area contributed by atoms with Gasteiger partial charge in [-0.1, -0.05) is 303 Å². The van der Waals surface area contributed by atoms with Crippen molar-refractivity contribution in [3.05, 3.63) is 122 Å². The summed E-state index contributed by atoms with van der Waals surface area (Å²) in [5, 5.41) is 0. The molecule has 0 spiro atoms. The summed E-state index contributed by atoms with van der Waals surface area (Å²) in [5.74, 6) is -0.928. The molecule has 0 radical (unpaired) electrons. The summed E-state index contributed by atoms with van der Waals surface area (Å²) in [7, 11) is 0. The molecule has 0 aliphatic heterocycles. The number of unbranched alkanes of at least 4 members (excludes halogenated alkanes) is 32. The number of ether oxygens (including phenoxy) is 3. The second-order valence-corrected chi connectivity index (χ2v) is 23.0. The Morgan fingerprint density at radius 3 is 0.747 bits per heavy atom. The molecule has 474 valence electrons. The van der Waals surface area contributed by atoms with Gasteiger partial charge in [-0.25, -0.2) is 0 Å². The number of hydrogen-bond donors (Lipinski definition) is 0. The third kappa shape index (κ3) is 68.5. The van der Waals surface area contributed by atoms with Crippen LogP contribution in [0.4, 0.5) is 0 Å². The van der Waals surface area contributed by atoms with Gasteiger partial charge in [-0.3, -0.25) is 14.4 Å². The van der Waals surface area contributed by atoms with Crippen molar-refractivity contribution in [1.29, 1.82) is 0 Å². The minimum atomic E-state index is -0.804. The van der Waals surface area contributed by atoms with E-state index in [-0.39, 0.29) is 31.1 Å². The van der Waals surface area contributed by atoms with Gasteiger partial charge in [0.15, 0.2) is 6.10 Å². The lowest BCUT2D eigenvalue weighted by molar-refractivity contribution is -0.167. The highest BCUT2D eigenvalue weighted by Crippen LogP contribution is 2.17. The molecule has 0 aromatic carbocycles. The molecule has 0 amide bonds. The third-order valence-corrected chi connectivity index (χ3v) is 14.9. The molecule has 0 N–H and O–H groups in total. The first-order valence-corrected chi connectivity index (χ1v) is 35.0. The first-order valence-electron chi connectivity index (χ1n) is 35.0. The molecule has 0 aromatic rings. The highest BCUT2D eigenvalue weighted by atomic mass is 16.6. The third-order valence-electron chi connectivity index (χ3n) is 14.9. The lowest BCUT2D eigenvalue weighted by Crippen LogP contribution is -2.30. The number of allylic oxidation sites excluding steroid dienone is 20. The first-order chi connectivity index (χ1) is 41.0. The normalized spacial score (nSPS) is 12.9. The molecule has 0 rings (SSSR count). The predicted octanol–water partition coefficient (Wildman–Crippen LogP) is 24.3. The van der Waals surface area contributed by atoms with Crippen LogP contribution in [-0.4, -0.2) is 37.2 Å². The molecule has 6 nitrogen and oxygen atoms in total. The lowest BCUT2D eigenvalue weighted by atomic mass is 10.0. The van der Waals surface area contributed by atoms with E-state index < -0.39 is 6.10 Å². The van der Waals surface area contributed by atoms with E-state index in [1.54, 1.807) is 0 Å². The zero-order chi connectivity index (χ0) is 59.9. The minimum Gasteiger partial charge on any atom is -0.462 e. The Hall–Kier alpha value is -4.19. The van der Waals surface area contributed by atoms with Crippen LogP contribution in [0.25, 0.3) is 0 Å². The highest BCUT2D eigenvalue weighted by molar-refractivity contribution is 5.71. The Labute approximate surface area is 513 Å². The average Bonchev–Trinajstić information content (AvgIpc) is 3.49. The highest BCUT2D eigenvalue weighted by Gasteiger charge is 2.19. The van der Waals surface area contributed by atoms with Crippen LogP contribution in [-0.2, 0) is 28.6 Å². The van der Waals surface area contributed by atoms with Crippen LogP contribution in [0.5, 0.6) is 0 Å². The average molecular weight is 1150 g/mol. The summed E-state index contributed by atoms with van der Waals surface area (Å²) in [4.78, 5) is 38.4. The van der Waals surface area contributed by atoms with E-state index in [0.29, 0.717) is 19.3 Å². The Balaban J connectivity index is 4.37. The van der Waals surface area contributed by atoms with Gasteiger partial charge in [-0.15, -0.1) is 0 Å². The lowest BCUT2D eigenvalue weighted by Gasteiger charge is -2.18. The Bertz CT molecular complexity index is 1700. The van der Waals surface area contributed by atoms with Gasteiger partial charge in [-0.05, 0) is 128 Å². The standard InChI is InChI=1S/C77H130O6/c1-4-7-10-13-16-19-22-25-28-30-32-34-36-37-38-39-41-42-44-46-49-52-55-58-61-64-67-70-76(79)82-73-74(72-81-75(78)69-66-63-60-57-54-51-48-27-24-21-18-15-12-9-6-3)83-77(80)71-68-65-62-59-56-53-50-47-45-43-40-35-33-31-29-26-23-20-17-14-11-8-5-2/h8-9,11-12,17-18,20-21,26-27,29-30,32-33,35,43,45,48,50,53,74H,4-7,10,13-16,19,22-25,28,31,34,36-42,44,46-47,49,51-52,54-73H2,1-3H3/b11-8-,12-9-,20-17-,21-18-,29-26-,32-30-,35-33-,45-43-,48-27-,53-50-. The van der Waals surface area contributed by atoms with E-state index in [1.165, 1.54) is 141 Å². The molecule has 0 saturated heterocycles. The largest absolute Gasteiger partial charge is 0.462 e. The zero-order valence-corrected chi connectivity index (χ0v) is 54.4. The van der Waals surface area contributed by atoms with Crippen LogP contribution in [0.1, 0.15) is 329 Å². The van der Waals surface area contributed by atoms with Crippen molar-refractivity contribution >= 4 is 17.9 Å². The van der Waals surface area contributed by atoms with Crippen molar-refractivity contribution in [1.82, 2.24) is 0 Å². The van der Waals surface area contributed by atoms with Crippen molar-refractivity contribution in [3.8, 4) is 0 Å². The molecule has 1 unspecified atom stereocenters. The van der Waals surface area contributed by atoms with Gasteiger partial charge in [-0.2, -0.15) is 0 Å². The van der Waals surface area contributed by atoms with E-state index in [9.17, 15) is 14.4 Å². The Morgan fingerprint density at radius 1 is 0.253 bits per heavy atom. The number of esters is 3. The van der Waals surface area contributed by atoms with Crippen molar-refractivity contribution in [2.45, 2.75) is 335 Å². The quantitative estimate of drug-likeness (QED) is 0.0261. The van der Waals surface area contributed by atoms with E-state index in [1.807, 2.05) is 0 Å². The number of rotatable bonds is 63. The van der Waals surface area contributed by atoms with E-state index >= 15 is 0 Å². The minimum absolute atomic E-state index is 0.0951. The van der Waals surface area contributed by atoms with E-state index in [2.05, 4.69) is 142 Å². The van der Waals surface area contributed by atoms with Gasteiger partial charge < -0.3 is 14.2 Å². The second kappa shape index (κ2) is 70.3. The van der Waals surface area contributed by atoms with Gasteiger partial charge in [0.25, 0.3) is 0 Å². The topological polar surface area (TPSA) is 78.9 Å². The van der Waals surface area contributed by atoms with Crippen LogP contribution in [0.15, 0.2) is 122 Å². The molecule has 6 heteroatoms. The van der Waals surface area contributed by atoms with Gasteiger partial charge in [0.2, 0.25) is 0 Å². The molecule has 0 aliphatic carbocycles. The zero-order valence-electron chi connectivity index (χ0n) is 54.4. The molecule has 0 heterocycles. The second-order valence-electron chi connectivity index (χ2n) is 23.0. The summed E-state index contributed by atoms with van der Waals surface area (Å²) >= 11 is 0. The number of carbonyl (C=O) groups is 3. The van der Waals surface area contributed by atoms with Crippen LogP contribution in [0, 0.1) is 0 Å². The van der Waals surface area contributed by atoms with Gasteiger partial charge in [0, 0.05) is 19.3 Å². The fourth-order valence-electron chi connectivity index (χ4n) is 9.75. The Morgan fingerprint density at radius 2 is 0.470 bits per heavy atom. The molecule has 0 aromatic heterocycles. The molecule has 83 heavy (non-hydrogen) atoms. The van der Waals surface area contributed by atoms with Gasteiger partial charge in [0.1, 0.15) is 13.2 Å². The maximum Gasteiger partial charge on any atom is 0.306 e. The van der Waals surface area contributed by atoms with Crippen LogP contribution >= 0.6 is 0 Å². The fraction of sp³-hybridized carbons (Fsp3) is 0.701. The summed E-state index contributed by atoms with van der Waals surface area (Å²) in [6.07, 6.45) is 98.0. The summed E-state index contributed by atoms with van der Waals surface area (Å²) < 4.78 is 16.9. The maximum absolute atomic E-state index is 12.9. The van der Waals surface area contributed by atoms with Gasteiger partial charge in [0.05, 0.1) is 0 Å². The van der Waals surface area contributed by atoms with Crippen LogP contribution < -0.4 is 0 Å². The molecule has 1 atom stereocenters. The fourth-order valence-corrected chi connectivity index (χ4v) is 9.75. The summed E-state index contributed by atoms with van der Waals surface area (Å²) in [5.41, 5.74) is 0. The maximum atomic E-state index is 12.9. The molecule has 0 saturated carbocycles. The predicted molar refractivity (Wildman–Crippen MR) is 362 cm³/mol. The van der Waals surface area contributed by atoms with Crippen LogP contribution in [0.2, 0.25) is 0 Å².